The monoisotopic (exact) mass is 292 g/mol. The van der Waals surface area contributed by atoms with Crippen LogP contribution in [0.15, 0.2) is 30.6 Å². The van der Waals surface area contributed by atoms with E-state index < -0.39 is 0 Å². The molecule has 1 aromatic carbocycles. The van der Waals surface area contributed by atoms with E-state index >= 15 is 0 Å². The Hall–Kier alpha value is -1.59. The van der Waals surface area contributed by atoms with Crippen LogP contribution in [-0.2, 0) is 20.0 Å². The van der Waals surface area contributed by atoms with Crippen molar-refractivity contribution in [2.75, 3.05) is 0 Å². The van der Waals surface area contributed by atoms with Gasteiger partial charge in [-0.3, -0.25) is 0 Å². The molecule has 2 aromatic heterocycles. The second kappa shape index (κ2) is 4.83. The van der Waals surface area contributed by atoms with Gasteiger partial charge in [-0.15, -0.1) is 0 Å². The van der Waals surface area contributed by atoms with Gasteiger partial charge < -0.3 is 14.1 Å². The van der Waals surface area contributed by atoms with Gasteiger partial charge in [0.25, 0.3) is 0 Å². The number of nitrogens with one attached hydrogen (secondary N) is 1. The van der Waals surface area contributed by atoms with Crippen molar-refractivity contribution >= 4 is 34.9 Å². The van der Waals surface area contributed by atoms with Crippen molar-refractivity contribution in [3.05, 3.63) is 46.2 Å². The Balaban J connectivity index is 1.99. The molecule has 0 fully saturated rings. The van der Waals surface area contributed by atoms with Crippen LogP contribution < -0.4 is 0 Å². The van der Waals surface area contributed by atoms with Crippen LogP contribution in [-0.4, -0.2) is 19.1 Å². The molecule has 0 unspecified atom stereocenters. The number of nitrogens with zero attached hydrogens (tertiary/aromatic N) is 3. The summed E-state index contributed by atoms with van der Waals surface area (Å²) in [6.07, 6.45) is 4.56. The number of aromatic nitrogens is 4. The maximum Gasteiger partial charge on any atom is 0.178 e. The molecule has 98 valence electrons. The summed E-state index contributed by atoms with van der Waals surface area (Å²) in [7, 11) is 1.99. The van der Waals surface area contributed by atoms with Crippen molar-refractivity contribution in [1.29, 1.82) is 0 Å². The molecule has 0 aliphatic rings. The first-order chi connectivity index (χ1) is 9.16. The lowest BCUT2D eigenvalue weighted by atomic mass is 10.3. The van der Waals surface area contributed by atoms with Gasteiger partial charge in [0.15, 0.2) is 4.77 Å². The lowest BCUT2D eigenvalue weighted by Crippen LogP contribution is -2.05. The first-order valence-electron chi connectivity index (χ1n) is 6.00. The van der Waals surface area contributed by atoms with Gasteiger partial charge in [-0.25, -0.2) is 4.98 Å². The Morgan fingerprint density at radius 2 is 2.26 bits per heavy atom. The SMILES string of the molecule is Cn1ccnc1CCn1c(=S)[nH]c2cccc(Cl)c21. The fourth-order valence-electron chi connectivity index (χ4n) is 2.24. The molecule has 4 nitrogen and oxygen atoms in total. The Labute approximate surface area is 120 Å². The largest absolute Gasteiger partial charge is 0.338 e. The topological polar surface area (TPSA) is 38.5 Å². The molecule has 0 aliphatic heterocycles. The van der Waals surface area contributed by atoms with Crippen molar-refractivity contribution in [3.63, 3.8) is 0 Å². The minimum atomic E-state index is 0.692. The normalized spacial score (nSPS) is 11.3. The second-order valence-electron chi connectivity index (χ2n) is 4.42. The molecule has 0 saturated carbocycles. The van der Waals surface area contributed by atoms with Crippen LogP contribution in [0.25, 0.3) is 11.0 Å². The standard InChI is InChI=1S/C13H13ClN4S/c1-17-8-6-15-11(17)5-7-18-12-9(14)3-2-4-10(12)16-13(18)19/h2-4,6,8H,5,7H2,1H3,(H,16,19). The third kappa shape index (κ3) is 2.19. The molecular formula is C13H13ClN4S. The number of aromatic amines is 1. The summed E-state index contributed by atoms with van der Waals surface area (Å²) < 4.78 is 4.74. The van der Waals surface area contributed by atoms with E-state index in [1.54, 1.807) is 6.20 Å². The maximum absolute atomic E-state index is 6.26. The molecule has 1 N–H and O–H groups in total. The summed E-state index contributed by atoms with van der Waals surface area (Å²) >= 11 is 11.6. The molecule has 2 heterocycles. The van der Waals surface area contributed by atoms with E-state index in [1.165, 1.54) is 0 Å². The van der Waals surface area contributed by atoms with Gasteiger partial charge in [0.1, 0.15) is 5.82 Å². The number of halogens is 1. The first-order valence-corrected chi connectivity index (χ1v) is 6.78. The van der Waals surface area contributed by atoms with Crippen molar-refractivity contribution in [2.24, 2.45) is 7.05 Å². The van der Waals surface area contributed by atoms with E-state index in [-0.39, 0.29) is 0 Å². The molecule has 0 saturated heterocycles. The number of benzene rings is 1. The van der Waals surface area contributed by atoms with Gasteiger partial charge in [-0.05, 0) is 24.4 Å². The average Bonchev–Trinajstić information content (AvgIpc) is 2.91. The minimum Gasteiger partial charge on any atom is -0.338 e. The minimum absolute atomic E-state index is 0.692. The van der Waals surface area contributed by atoms with Gasteiger partial charge >= 0.3 is 0 Å². The molecule has 0 spiro atoms. The van der Waals surface area contributed by atoms with Crippen molar-refractivity contribution < 1.29 is 0 Å². The molecule has 0 amide bonds. The molecule has 0 aliphatic carbocycles. The Bertz CT molecular complexity index is 783. The number of aryl methyl sites for hydroxylation is 3. The third-order valence-electron chi connectivity index (χ3n) is 3.22. The molecule has 0 bridgehead atoms. The number of rotatable bonds is 3. The molecular weight excluding hydrogens is 280 g/mol. The number of para-hydroxylation sites is 1. The lowest BCUT2D eigenvalue weighted by molar-refractivity contribution is 0.658. The number of hydrogen-bond donors (Lipinski definition) is 1. The fourth-order valence-corrected chi connectivity index (χ4v) is 2.81. The summed E-state index contributed by atoms with van der Waals surface area (Å²) in [5.41, 5.74) is 1.93. The predicted molar refractivity (Wildman–Crippen MR) is 79.0 cm³/mol. The van der Waals surface area contributed by atoms with Crippen LogP contribution in [0.1, 0.15) is 5.82 Å². The van der Waals surface area contributed by atoms with Crippen molar-refractivity contribution in [2.45, 2.75) is 13.0 Å². The fraction of sp³-hybridized carbons (Fsp3) is 0.231. The molecule has 3 rings (SSSR count). The predicted octanol–water partition coefficient (Wildman–Crippen LogP) is 3.33. The smallest absolute Gasteiger partial charge is 0.178 e. The third-order valence-corrected chi connectivity index (χ3v) is 3.85. The van der Waals surface area contributed by atoms with Crippen LogP contribution in [0.5, 0.6) is 0 Å². The summed E-state index contributed by atoms with van der Waals surface area (Å²) in [6.45, 7) is 0.757. The van der Waals surface area contributed by atoms with Gasteiger partial charge in [-0.1, -0.05) is 17.7 Å². The van der Waals surface area contributed by atoms with Gasteiger partial charge in [0.2, 0.25) is 0 Å². The van der Waals surface area contributed by atoms with E-state index in [0.717, 1.165) is 29.8 Å². The Morgan fingerprint density at radius 1 is 1.42 bits per heavy atom. The van der Waals surface area contributed by atoms with Crippen molar-refractivity contribution in [3.8, 4) is 0 Å². The molecule has 0 radical (unpaired) electrons. The van der Waals surface area contributed by atoms with Crippen LogP contribution in [0.4, 0.5) is 0 Å². The molecule has 6 heteroatoms. The van der Waals surface area contributed by atoms with E-state index in [2.05, 4.69) is 9.97 Å². The Kier molecular flexibility index (Phi) is 3.16. The average molecular weight is 293 g/mol. The van der Waals surface area contributed by atoms with E-state index in [4.69, 9.17) is 23.8 Å². The lowest BCUT2D eigenvalue weighted by Gasteiger charge is -2.06. The highest BCUT2D eigenvalue weighted by molar-refractivity contribution is 7.71. The van der Waals surface area contributed by atoms with Crippen LogP contribution in [0.3, 0.4) is 0 Å². The number of hydrogen-bond acceptors (Lipinski definition) is 2. The van der Waals surface area contributed by atoms with E-state index in [0.29, 0.717) is 9.79 Å². The molecule has 0 atom stereocenters. The zero-order valence-electron chi connectivity index (χ0n) is 10.4. The van der Waals surface area contributed by atoms with E-state index in [1.807, 2.05) is 40.6 Å². The summed E-state index contributed by atoms with van der Waals surface area (Å²) in [4.78, 5) is 7.50. The number of imidazole rings is 2. The summed E-state index contributed by atoms with van der Waals surface area (Å²) in [6, 6.07) is 5.77. The highest BCUT2D eigenvalue weighted by Gasteiger charge is 2.09. The number of H-pyrrole nitrogens is 1. The van der Waals surface area contributed by atoms with Gasteiger partial charge in [0.05, 0.1) is 16.1 Å². The van der Waals surface area contributed by atoms with Crippen LogP contribution in [0.2, 0.25) is 5.02 Å². The van der Waals surface area contributed by atoms with Gasteiger partial charge in [-0.2, -0.15) is 0 Å². The molecule has 19 heavy (non-hydrogen) atoms. The highest BCUT2D eigenvalue weighted by Crippen LogP contribution is 2.23. The first kappa shape index (κ1) is 12.4. The van der Waals surface area contributed by atoms with Crippen LogP contribution in [0, 0.1) is 4.77 Å². The summed E-state index contributed by atoms with van der Waals surface area (Å²) in [5, 5.41) is 0.713. The van der Waals surface area contributed by atoms with Gasteiger partial charge in [0, 0.05) is 32.4 Å². The number of fused-ring (bicyclic) bond motifs is 1. The zero-order chi connectivity index (χ0) is 13.4. The second-order valence-corrected chi connectivity index (χ2v) is 5.22. The maximum atomic E-state index is 6.26. The zero-order valence-corrected chi connectivity index (χ0v) is 12.0. The molecule has 3 aromatic rings. The van der Waals surface area contributed by atoms with E-state index in [9.17, 15) is 0 Å². The Morgan fingerprint density at radius 3 is 3.00 bits per heavy atom. The van der Waals surface area contributed by atoms with Crippen molar-refractivity contribution in [1.82, 2.24) is 19.1 Å². The quantitative estimate of drug-likeness (QED) is 0.752. The summed E-state index contributed by atoms with van der Waals surface area (Å²) in [5.74, 6) is 1.03. The van der Waals surface area contributed by atoms with Crippen LogP contribution >= 0.6 is 23.8 Å². The highest BCUT2D eigenvalue weighted by atomic mass is 35.5.